The van der Waals surface area contributed by atoms with Crippen molar-refractivity contribution in [1.82, 2.24) is 9.80 Å². The van der Waals surface area contributed by atoms with Crippen molar-refractivity contribution >= 4 is 11.8 Å². The summed E-state index contributed by atoms with van der Waals surface area (Å²) in [6, 6.07) is 0.288. The van der Waals surface area contributed by atoms with Crippen molar-refractivity contribution < 1.29 is 9.59 Å². The molecular formula is C13H18N2O2. The molecule has 2 heterocycles. The summed E-state index contributed by atoms with van der Waals surface area (Å²) in [5.41, 5.74) is 0. The fraction of sp³-hybridized carbons (Fsp3) is 0.692. The molecule has 0 saturated carbocycles. The average Bonchev–Trinajstić information content (AvgIpc) is 2.63. The monoisotopic (exact) mass is 234 g/mol. The second kappa shape index (κ2) is 5.33. The smallest absolute Gasteiger partial charge is 0.230 e. The maximum absolute atomic E-state index is 11.4. The van der Waals surface area contributed by atoms with Crippen LogP contribution in [0.3, 0.4) is 0 Å². The number of carbonyl (C=O) groups is 2. The van der Waals surface area contributed by atoms with E-state index < -0.39 is 0 Å². The van der Waals surface area contributed by atoms with Crippen LogP contribution in [-0.2, 0) is 9.59 Å². The largest absolute Gasteiger partial charge is 0.293 e. The Hall–Kier alpha value is -1.34. The van der Waals surface area contributed by atoms with Crippen LogP contribution in [0, 0.1) is 11.8 Å². The van der Waals surface area contributed by atoms with Gasteiger partial charge in [0.15, 0.2) is 0 Å². The molecule has 17 heavy (non-hydrogen) atoms. The molecule has 0 bridgehead atoms. The predicted octanol–water partition coefficient (Wildman–Crippen LogP) is 0.623. The van der Waals surface area contributed by atoms with Gasteiger partial charge in [-0.25, -0.2) is 0 Å². The first-order chi connectivity index (χ1) is 8.18. The summed E-state index contributed by atoms with van der Waals surface area (Å²) >= 11 is 0. The van der Waals surface area contributed by atoms with Crippen LogP contribution in [0.2, 0.25) is 0 Å². The highest BCUT2D eigenvalue weighted by atomic mass is 16.2. The van der Waals surface area contributed by atoms with E-state index in [9.17, 15) is 9.59 Å². The van der Waals surface area contributed by atoms with E-state index in [2.05, 4.69) is 23.8 Å². The Labute approximate surface area is 102 Å². The van der Waals surface area contributed by atoms with E-state index in [4.69, 9.17) is 0 Å². The Morgan fingerprint density at radius 1 is 1.24 bits per heavy atom. The standard InChI is InChI=1S/C13H18N2O2/c1-14-9-3-2-5-11(14)6-4-10-15-12(16)7-8-13(15)17/h11H,2-3,5,7-10H2,1H3/t11-/m1/s1. The minimum absolute atomic E-state index is 0.0821. The van der Waals surface area contributed by atoms with E-state index in [0.29, 0.717) is 12.8 Å². The lowest BCUT2D eigenvalue weighted by molar-refractivity contribution is -0.137. The molecule has 4 heteroatoms. The number of carbonyl (C=O) groups excluding carboxylic acids is 2. The summed E-state index contributed by atoms with van der Waals surface area (Å²) in [6.45, 7) is 1.35. The Balaban J connectivity index is 1.89. The molecule has 2 aliphatic rings. The molecule has 0 spiro atoms. The zero-order valence-electron chi connectivity index (χ0n) is 10.2. The normalized spacial score (nSPS) is 25.9. The number of hydrogen-bond acceptors (Lipinski definition) is 3. The first kappa shape index (κ1) is 12.1. The van der Waals surface area contributed by atoms with Gasteiger partial charge in [0, 0.05) is 12.8 Å². The summed E-state index contributed by atoms with van der Waals surface area (Å²) in [5.74, 6) is 5.99. The lowest BCUT2D eigenvalue weighted by Gasteiger charge is -2.28. The molecule has 0 aromatic heterocycles. The topological polar surface area (TPSA) is 40.6 Å². The van der Waals surface area contributed by atoms with Crippen molar-refractivity contribution in [1.29, 1.82) is 0 Å². The van der Waals surface area contributed by atoms with E-state index in [-0.39, 0.29) is 24.4 Å². The van der Waals surface area contributed by atoms with Crippen LogP contribution in [0.1, 0.15) is 32.1 Å². The fourth-order valence-electron chi connectivity index (χ4n) is 2.30. The van der Waals surface area contributed by atoms with Crippen molar-refractivity contribution in [2.45, 2.75) is 38.1 Å². The van der Waals surface area contributed by atoms with Crippen molar-refractivity contribution in [3.63, 3.8) is 0 Å². The zero-order chi connectivity index (χ0) is 12.3. The Morgan fingerprint density at radius 3 is 2.59 bits per heavy atom. The third kappa shape index (κ3) is 2.86. The zero-order valence-corrected chi connectivity index (χ0v) is 10.2. The van der Waals surface area contributed by atoms with Gasteiger partial charge < -0.3 is 0 Å². The summed E-state index contributed by atoms with van der Waals surface area (Å²) in [4.78, 5) is 26.2. The van der Waals surface area contributed by atoms with Crippen molar-refractivity contribution in [3.8, 4) is 11.8 Å². The summed E-state index contributed by atoms with van der Waals surface area (Å²) in [6.07, 6.45) is 4.24. The minimum Gasteiger partial charge on any atom is -0.293 e. The number of rotatable bonds is 1. The summed E-state index contributed by atoms with van der Waals surface area (Å²) in [7, 11) is 2.07. The molecule has 2 amide bonds. The Morgan fingerprint density at radius 2 is 1.94 bits per heavy atom. The van der Waals surface area contributed by atoms with E-state index in [0.717, 1.165) is 13.0 Å². The number of amides is 2. The first-order valence-corrected chi connectivity index (χ1v) is 6.20. The van der Waals surface area contributed by atoms with Crippen LogP contribution in [0.25, 0.3) is 0 Å². The highest BCUT2D eigenvalue weighted by molar-refractivity contribution is 6.02. The van der Waals surface area contributed by atoms with Crippen LogP contribution in [-0.4, -0.2) is 47.8 Å². The minimum atomic E-state index is -0.0821. The third-order valence-electron chi connectivity index (χ3n) is 3.43. The van der Waals surface area contributed by atoms with Gasteiger partial charge in [0.05, 0.1) is 12.6 Å². The molecule has 0 aromatic carbocycles. The molecule has 0 unspecified atom stereocenters. The molecule has 0 radical (unpaired) electrons. The van der Waals surface area contributed by atoms with Gasteiger partial charge in [-0.3, -0.25) is 19.4 Å². The SMILES string of the molecule is CN1CCCC[C@@H]1C#CCN1C(=O)CCC1=O. The van der Waals surface area contributed by atoms with Gasteiger partial charge in [-0.05, 0) is 32.9 Å². The van der Waals surface area contributed by atoms with E-state index >= 15 is 0 Å². The molecule has 2 aliphatic heterocycles. The van der Waals surface area contributed by atoms with Crippen LogP contribution < -0.4 is 0 Å². The van der Waals surface area contributed by atoms with Crippen molar-refractivity contribution in [3.05, 3.63) is 0 Å². The third-order valence-corrected chi connectivity index (χ3v) is 3.43. The number of hydrogen-bond donors (Lipinski definition) is 0. The molecule has 2 rings (SSSR count). The lowest BCUT2D eigenvalue weighted by atomic mass is 10.0. The molecule has 4 nitrogen and oxygen atoms in total. The van der Waals surface area contributed by atoms with Gasteiger partial charge in [-0.1, -0.05) is 11.8 Å². The van der Waals surface area contributed by atoms with Crippen LogP contribution in [0.15, 0.2) is 0 Å². The van der Waals surface area contributed by atoms with E-state index in [1.165, 1.54) is 17.7 Å². The van der Waals surface area contributed by atoms with Crippen LogP contribution in [0.5, 0.6) is 0 Å². The summed E-state index contributed by atoms with van der Waals surface area (Å²) < 4.78 is 0. The molecular weight excluding hydrogens is 216 g/mol. The summed E-state index contributed by atoms with van der Waals surface area (Å²) in [5, 5.41) is 0. The second-order valence-electron chi connectivity index (χ2n) is 4.69. The fourth-order valence-corrected chi connectivity index (χ4v) is 2.30. The number of likely N-dealkylation sites (tertiary alicyclic amines) is 2. The average molecular weight is 234 g/mol. The quantitative estimate of drug-likeness (QED) is 0.493. The van der Waals surface area contributed by atoms with Gasteiger partial charge >= 0.3 is 0 Å². The molecule has 0 aliphatic carbocycles. The molecule has 0 aromatic rings. The highest BCUT2D eigenvalue weighted by Crippen LogP contribution is 2.14. The van der Waals surface area contributed by atoms with Gasteiger partial charge in [0.25, 0.3) is 0 Å². The Bertz CT molecular complexity index is 365. The predicted molar refractivity (Wildman–Crippen MR) is 64.0 cm³/mol. The van der Waals surface area contributed by atoms with Crippen LogP contribution >= 0.6 is 0 Å². The molecule has 0 N–H and O–H groups in total. The van der Waals surface area contributed by atoms with Crippen LogP contribution in [0.4, 0.5) is 0 Å². The Kier molecular flexibility index (Phi) is 3.80. The van der Waals surface area contributed by atoms with Crippen molar-refractivity contribution in [2.24, 2.45) is 0 Å². The molecule has 92 valence electrons. The van der Waals surface area contributed by atoms with Gasteiger partial charge in [-0.15, -0.1) is 0 Å². The van der Waals surface area contributed by atoms with Crippen molar-refractivity contribution in [2.75, 3.05) is 20.1 Å². The van der Waals surface area contributed by atoms with Gasteiger partial charge in [0.2, 0.25) is 11.8 Å². The van der Waals surface area contributed by atoms with E-state index in [1.807, 2.05) is 0 Å². The number of nitrogens with zero attached hydrogens (tertiary/aromatic N) is 2. The molecule has 2 fully saturated rings. The maximum atomic E-state index is 11.4. The van der Waals surface area contributed by atoms with Gasteiger partial charge in [0.1, 0.15) is 0 Å². The second-order valence-corrected chi connectivity index (χ2v) is 4.69. The maximum Gasteiger partial charge on any atom is 0.230 e. The lowest BCUT2D eigenvalue weighted by Crippen LogP contribution is -2.35. The molecule has 1 atom stereocenters. The number of imide groups is 1. The highest BCUT2D eigenvalue weighted by Gasteiger charge is 2.27. The molecule has 2 saturated heterocycles. The number of piperidine rings is 1. The van der Waals surface area contributed by atoms with E-state index in [1.54, 1.807) is 0 Å². The van der Waals surface area contributed by atoms with Gasteiger partial charge in [-0.2, -0.15) is 0 Å². The first-order valence-electron chi connectivity index (χ1n) is 6.20.